The highest BCUT2D eigenvalue weighted by Crippen LogP contribution is 2.38. The van der Waals surface area contributed by atoms with Gasteiger partial charge in [0.05, 0.1) is 26.2 Å². The van der Waals surface area contributed by atoms with Crippen molar-refractivity contribution in [3.63, 3.8) is 0 Å². The maximum absolute atomic E-state index is 12.6. The van der Waals surface area contributed by atoms with Crippen molar-refractivity contribution < 1.29 is 28.6 Å². The fourth-order valence-electron chi connectivity index (χ4n) is 2.99. The minimum atomic E-state index is -0.397. The van der Waals surface area contributed by atoms with E-state index in [1.54, 1.807) is 6.08 Å². The molecule has 0 saturated carbocycles. The molecule has 1 saturated heterocycles. The molecule has 2 aromatic carbocycles. The number of hydrogen-bond donors (Lipinski definition) is 1. The number of nitrogens with one attached hydrogen (secondary N) is 1. The van der Waals surface area contributed by atoms with Gasteiger partial charge in [-0.3, -0.25) is 19.3 Å². The van der Waals surface area contributed by atoms with Crippen molar-refractivity contribution in [3.8, 4) is 17.2 Å². The number of ether oxygens (including phenoxy) is 3. The Morgan fingerprint density at radius 3 is 2.26 bits per heavy atom. The van der Waals surface area contributed by atoms with E-state index in [0.29, 0.717) is 27.7 Å². The van der Waals surface area contributed by atoms with Crippen LogP contribution in [0.4, 0.5) is 4.79 Å². The highest BCUT2D eigenvalue weighted by atomic mass is 32.2. The largest absolute Gasteiger partial charge is 0.493 e. The summed E-state index contributed by atoms with van der Waals surface area (Å²) in [6.45, 7) is 0.166. The van der Waals surface area contributed by atoms with Crippen LogP contribution in [0.25, 0.3) is 6.08 Å². The minimum absolute atomic E-state index is 0.0625. The topological polar surface area (TPSA) is 94.2 Å². The predicted octanol–water partition coefficient (Wildman–Crippen LogP) is 3.18. The van der Waals surface area contributed by atoms with Gasteiger partial charge in [-0.1, -0.05) is 30.3 Å². The molecular formula is C22H22N2O6S. The van der Waals surface area contributed by atoms with Crippen molar-refractivity contribution in [2.45, 2.75) is 0 Å². The van der Waals surface area contributed by atoms with Crippen LogP contribution in [-0.2, 0) is 4.79 Å². The molecule has 2 aromatic rings. The van der Waals surface area contributed by atoms with E-state index < -0.39 is 5.91 Å². The van der Waals surface area contributed by atoms with Gasteiger partial charge < -0.3 is 19.5 Å². The zero-order valence-corrected chi connectivity index (χ0v) is 18.2. The molecule has 1 aliphatic rings. The van der Waals surface area contributed by atoms with Gasteiger partial charge >= 0.3 is 0 Å². The summed E-state index contributed by atoms with van der Waals surface area (Å²) in [6, 6.07) is 12.3. The maximum atomic E-state index is 12.6. The van der Waals surface area contributed by atoms with Crippen molar-refractivity contribution >= 4 is 34.9 Å². The molecule has 0 aliphatic carbocycles. The number of rotatable bonds is 8. The smallest absolute Gasteiger partial charge is 0.293 e. The molecule has 8 nitrogen and oxygen atoms in total. The summed E-state index contributed by atoms with van der Waals surface area (Å²) in [7, 11) is 4.40. The van der Waals surface area contributed by atoms with Gasteiger partial charge in [0.2, 0.25) is 5.75 Å². The van der Waals surface area contributed by atoms with E-state index in [0.717, 1.165) is 22.2 Å². The van der Waals surface area contributed by atoms with Crippen LogP contribution in [0.1, 0.15) is 15.9 Å². The van der Waals surface area contributed by atoms with E-state index >= 15 is 0 Å². The monoisotopic (exact) mass is 442 g/mol. The van der Waals surface area contributed by atoms with E-state index in [9.17, 15) is 14.4 Å². The summed E-state index contributed by atoms with van der Waals surface area (Å²) >= 11 is 0.885. The Kier molecular flexibility index (Phi) is 7.19. The van der Waals surface area contributed by atoms with Gasteiger partial charge in [-0.25, -0.2) is 0 Å². The quantitative estimate of drug-likeness (QED) is 0.628. The molecule has 0 atom stereocenters. The Hall–Kier alpha value is -3.46. The molecule has 0 aromatic heterocycles. The number of hydrogen-bond acceptors (Lipinski definition) is 7. The van der Waals surface area contributed by atoms with Crippen LogP contribution in [0.15, 0.2) is 47.4 Å². The van der Waals surface area contributed by atoms with E-state index in [4.69, 9.17) is 14.2 Å². The molecule has 1 aliphatic heterocycles. The molecule has 3 rings (SSSR count). The minimum Gasteiger partial charge on any atom is -0.493 e. The van der Waals surface area contributed by atoms with Crippen molar-refractivity contribution in [2.75, 3.05) is 34.4 Å². The normalized spacial score (nSPS) is 14.7. The number of carbonyl (C=O) groups is 3. The maximum Gasteiger partial charge on any atom is 0.293 e. The Balaban J connectivity index is 1.64. The SMILES string of the molecule is COc1cc(C(=O)NCCN2C(=O)S/C(=C/c3ccccc3)C2=O)cc(OC)c1OC. The lowest BCUT2D eigenvalue weighted by molar-refractivity contribution is -0.122. The van der Waals surface area contributed by atoms with Crippen LogP contribution in [0.2, 0.25) is 0 Å². The third-order valence-electron chi connectivity index (χ3n) is 4.52. The molecule has 0 radical (unpaired) electrons. The second kappa shape index (κ2) is 10.0. The molecule has 1 heterocycles. The molecule has 162 valence electrons. The van der Waals surface area contributed by atoms with E-state index in [-0.39, 0.29) is 24.2 Å². The first-order valence-electron chi connectivity index (χ1n) is 9.37. The summed E-state index contributed by atoms with van der Waals surface area (Å²) in [4.78, 5) is 38.8. The zero-order chi connectivity index (χ0) is 22.4. The van der Waals surface area contributed by atoms with Crippen LogP contribution in [0.3, 0.4) is 0 Å². The lowest BCUT2D eigenvalue weighted by Crippen LogP contribution is -2.37. The van der Waals surface area contributed by atoms with Crippen LogP contribution in [0, 0.1) is 0 Å². The molecule has 0 unspecified atom stereocenters. The third kappa shape index (κ3) is 5.00. The summed E-state index contributed by atoms with van der Waals surface area (Å²) in [6.07, 6.45) is 1.68. The highest BCUT2D eigenvalue weighted by molar-refractivity contribution is 8.18. The van der Waals surface area contributed by atoms with Crippen molar-refractivity contribution in [1.82, 2.24) is 10.2 Å². The van der Waals surface area contributed by atoms with Gasteiger partial charge in [0, 0.05) is 18.7 Å². The van der Waals surface area contributed by atoms with Crippen LogP contribution < -0.4 is 19.5 Å². The number of benzene rings is 2. The third-order valence-corrected chi connectivity index (χ3v) is 5.43. The average Bonchev–Trinajstić information content (AvgIpc) is 3.05. The summed E-state index contributed by atoms with van der Waals surface area (Å²) in [5, 5.41) is 2.34. The molecule has 0 bridgehead atoms. The second-order valence-corrected chi connectivity index (χ2v) is 7.41. The fourth-order valence-corrected chi connectivity index (χ4v) is 3.85. The van der Waals surface area contributed by atoms with Gasteiger partial charge in [-0.2, -0.15) is 0 Å². The molecule has 1 fully saturated rings. The van der Waals surface area contributed by atoms with Gasteiger partial charge in [0.15, 0.2) is 11.5 Å². The predicted molar refractivity (Wildman–Crippen MR) is 118 cm³/mol. The van der Waals surface area contributed by atoms with Gasteiger partial charge in [0.25, 0.3) is 17.1 Å². The summed E-state index contributed by atoms with van der Waals surface area (Å²) in [5.74, 6) is 0.310. The zero-order valence-electron chi connectivity index (χ0n) is 17.3. The number of thioether (sulfide) groups is 1. The van der Waals surface area contributed by atoms with E-state index in [1.165, 1.54) is 33.5 Å². The number of amides is 3. The Morgan fingerprint density at radius 2 is 1.68 bits per heavy atom. The van der Waals surface area contributed by atoms with Gasteiger partial charge in [-0.05, 0) is 35.5 Å². The van der Waals surface area contributed by atoms with Crippen LogP contribution in [0.5, 0.6) is 17.2 Å². The molecule has 1 N–H and O–H groups in total. The summed E-state index contributed by atoms with van der Waals surface area (Å²) < 4.78 is 15.8. The number of imide groups is 1. The molecule has 31 heavy (non-hydrogen) atoms. The Labute approximate surface area is 184 Å². The molecule has 0 spiro atoms. The van der Waals surface area contributed by atoms with Crippen molar-refractivity contribution in [2.24, 2.45) is 0 Å². The van der Waals surface area contributed by atoms with Crippen LogP contribution >= 0.6 is 11.8 Å². The van der Waals surface area contributed by atoms with Crippen molar-refractivity contribution in [3.05, 3.63) is 58.5 Å². The Morgan fingerprint density at radius 1 is 1.03 bits per heavy atom. The lowest BCUT2D eigenvalue weighted by Gasteiger charge is -2.15. The van der Waals surface area contributed by atoms with E-state index in [2.05, 4.69) is 5.32 Å². The molecule has 3 amide bonds. The molecule has 9 heteroatoms. The first kappa shape index (κ1) is 22.2. The fraction of sp³-hybridized carbons (Fsp3) is 0.227. The van der Waals surface area contributed by atoms with Gasteiger partial charge in [-0.15, -0.1) is 0 Å². The van der Waals surface area contributed by atoms with Crippen molar-refractivity contribution in [1.29, 1.82) is 0 Å². The number of methoxy groups -OCH3 is 3. The first-order valence-corrected chi connectivity index (χ1v) is 10.2. The Bertz CT molecular complexity index is 997. The average molecular weight is 442 g/mol. The van der Waals surface area contributed by atoms with E-state index in [1.807, 2.05) is 30.3 Å². The number of nitrogens with zero attached hydrogens (tertiary/aromatic N) is 1. The second-order valence-electron chi connectivity index (χ2n) is 6.41. The summed E-state index contributed by atoms with van der Waals surface area (Å²) in [5.41, 5.74) is 1.14. The highest BCUT2D eigenvalue weighted by Gasteiger charge is 2.34. The lowest BCUT2D eigenvalue weighted by atomic mass is 10.1. The van der Waals surface area contributed by atoms with Gasteiger partial charge in [0.1, 0.15) is 0 Å². The standard InChI is InChI=1S/C22H22N2O6S/c1-28-16-12-15(13-17(29-2)19(16)30-3)20(25)23-9-10-24-21(26)18(31-22(24)27)11-14-7-5-4-6-8-14/h4-8,11-13H,9-10H2,1-3H3,(H,23,25)/b18-11+. The van der Waals surface area contributed by atoms with Crippen LogP contribution in [-0.4, -0.2) is 56.4 Å². The number of carbonyl (C=O) groups excluding carboxylic acids is 3. The first-order chi connectivity index (χ1) is 15.0. The molecular weight excluding hydrogens is 420 g/mol.